The first kappa shape index (κ1) is 16.5. The number of hydrogen-bond donors (Lipinski definition) is 1. The first-order valence-electron chi connectivity index (χ1n) is 7.40. The molecule has 2 aromatic carbocycles. The molecule has 0 bridgehead atoms. The quantitative estimate of drug-likeness (QED) is 0.382. The van der Waals surface area contributed by atoms with Crippen LogP contribution in [-0.2, 0) is 4.79 Å². The second-order valence-electron chi connectivity index (χ2n) is 4.98. The standard InChI is InChI=1S/C19H19NO3/c1-4-16(21)23-19-13(3)11-12-15(17(19)20-5-2)18(22)14-9-7-6-8-10-14/h4,6-12,20H,1,5H2,2-3H3. The molecule has 1 N–H and O–H groups in total. The van der Waals surface area contributed by atoms with Gasteiger partial charge in [-0.25, -0.2) is 4.79 Å². The number of benzene rings is 2. The molecule has 0 saturated heterocycles. The van der Waals surface area contributed by atoms with Crippen LogP contribution >= 0.6 is 0 Å². The van der Waals surface area contributed by atoms with Crippen LogP contribution < -0.4 is 10.1 Å². The van der Waals surface area contributed by atoms with Crippen LogP contribution in [0.25, 0.3) is 0 Å². The van der Waals surface area contributed by atoms with E-state index in [9.17, 15) is 9.59 Å². The average Bonchev–Trinajstić information content (AvgIpc) is 2.58. The molecule has 23 heavy (non-hydrogen) atoms. The minimum absolute atomic E-state index is 0.127. The van der Waals surface area contributed by atoms with Crippen molar-refractivity contribution < 1.29 is 14.3 Å². The fraction of sp³-hybridized carbons (Fsp3) is 0.158. The summed E-state index contributed by atoms with van der Waals surface area (Å²) >= 11 is 0. The predicted molar refractivity (Wildman–Crippen MR) is 91.0 cm³/mol. The summed E-state index contributed by atoms with van der Waals surface area (Å²) in [4.78, 5) is 24.3. The first-order chi connectivity index (χ1) is 11.1. The van der Waals surface area contributed by atoms with Crippen LogP contribution in [0, 0.1) is 6.92 Å². The third-order valence-corrected chi connectivity index (χ3v) is 3.36. The summed E-state index contributed by atoms with van der Waals surface area (Å²) in [6.45, 7) is 7.74. The van der Waals surface area contributed by atoms with Crippen molar-refractivity contribution in [2.45, 2.75) is 13.8 Å². The summed E-state index contributed by atoms with van der Waals surface area (Å²) in [7, 11) is 0. The Bertz CT molecular complexity index is 736. The van der Waals surface area contributed by atoms with E-state index in [4.69, 9.17) is 4.74 Å². The number of anilines is 1. The molecule has 4 nitrogen and oxygen atoms in total. The highest BCUT2D eigenvalue weighted by atomic mass is 16.5. The molecule has 4 heteroatoms. The fourth-order valence-corrected chi connectivity index (χ4v) is 2.25. The molecule has 0 atom stereocenters. The van der Waals surface area contributed by atoms with E-state index in [1.807, 2.05) is 32.0 Å². The minimum atomic E-state index is -0.559. The number of carbonyl (C=O) groups excluding carboxylic acids is 2. The molecule has 0 spiro atoms. The number of aryl methyl sites for hydroxylation is 1. The molecule has 0 aliphatic rings. The molecule has 0 saturated carbocycles. The Morgan fingerprint density at radius 1 is 1.17 bits per heavy atom. The number of ketones is 1. The van der Waals surface area contributed by atoms with Crippen molar-refractivity contribution >= 4 is 17.4 Å². The number of rotatable bonds is 6. The Kier molecular flexibility index (Phi) is 5.31. The van der Waals surface area contributed by atoms with Gasteiger partial charge in [0.1, 0.15) is 0 Å². The minimum Gasteiger partial charge on any atom is -0.421 e. The van der Waals surface area contributed by atoms with Crippen molar-refractivity contribution in [3.8, 4) is 5.75 Å². The zero-order valence-corrected chi connectivity index (χ0v) is 13.3. The number of ether oxygens (including phenoxy) is 1. The van der Waals surface area contributed by atoms with Gasteiger partial charge in [-0.05, 0) is 25.5 Å². The Hall–Kier alpha value is -2.88. The van der Waals surface area contributed by atoms with Gasteiger partial charge < -0.3 is 10.1 Å². The third-order valence-electron chi connectivity index (χ3n) is 3.36. The molecule has 2 rings (SSSR count). The Labute approximate surface area is 135 Å². The highest BCUT2D eigenvalue weighted by molar-refractivity contribution is 6.13. The summed E-state index contributed by atoms with van der Waals surface area (Å²) in [6.07, 6.45) is 1.10. The lowest BCUT2D eigenvalue weighted by atomic mass is 9.99. The molecule has 0 fully saturated rings. The largest absolute Gasteiger partial charge is 0.421 e. The third kappa shape index (κ3) is 3.66. The van der Waals surface area contributed by atoms with Crippen LogP contribution in [-0.4, -0.2) is 18.3 Å². The maximum absolute atomic E-state index is 12.8. The van der Waals surface area contributed by atoms with E-state index in [2.05, 4.69) is 11.9 Å². The average molecular weight is 309 g/mol. The van der Waals surface area contributed by atoms with Gasteiger partial charge in [-0.15, -0.1) is 0 Å². The molecular formula is C19H19NO3. The molecule has 0 heterocycles. The van der Waals surface area contributed by atoms with Gasteiger partial charge in [0, 0.05) is 23.7 Å². The zero-order valence-electron chi connectivity index (χ0n) is 13.3. The lowest BCUT2D eigenvalue weighted by molar-refractivity contribution is -0.128. The summed E-state index contributed by atoms with van der Waals surface area (Å²) in [5.74, 6) is -0.326. The van der Waals surface area contributed by atoms with Crippen LogP contribution in [0.4, 0.5) is 5.69 Å². The smallest absolute Gasteiger partial charge is 0.335 e. The lowest BCUT2D eigenvalue weighted by Gasteiger charge is -2.16. The van der Waals surface area contributed by atoms with Crippen LogP contribution in [0.3, 0.4) is 0 Å². The summed E-state index contributed by atoms with van der Waals surface area (Å²) in [5.41, 5.74) is 2.34. The molecule has 2 aromatic rings. The molecule has 0 amide bonds. The normalized spacial score (nSPS) is 10.0. The topological polar surface area (TPSA) is 55.4 Å². The highest BCUT2D eigenvalue weighted by Gasteiger charge is 2.20. The second kappa shape index (κ2) is 7.40. The summed E-state index contributed by atoms with van der Waals surface area (Å²) < 4.78 is 5.33. The molecule has 0 aromatic heterocycles. The number of nitrogens with one attached hydrogen (secondary N) is 1. The maximum Gasteiger partial charge on any atom is 0.335 e. The van der Waals surface area contributed by atoms with Crippen LogP contribution in [0.15, 0.2) is 55.1 Å². The van der Waals surface area contributed by atoms with Crippen LogP contribution in [0.2, 0.25) is 0 Å². The van der Waals surface area contributed by atoms with Gasteiger partial charge in [0.15, 0.2) is 11.5 Å². The summed E-state index contributed by atoms with van der Waals surface area (Å²) in [5, 5.41) is 3.13. The van der Waals surface area contributed by atoms with Crippen LogP contribution in [0.5, 0.6) is 5.75 Å². The van der Waals surface area contributed by atoms with Gasteiger partial charge in [0.05, 0.1) is 5.69 Å². The van der Waals surface area contributed by atoms with E-state index in [0.29, 0.717) is 29.1 Å². The Morgan fingerprint density at radius 2 is 1.87 bits per heavy atom. The van der Waals surface area contributed by atoms with E-state index in [1.54, 1.807) is 24.3 Å². The Morgan fingerprint density at radius 3 is 2.48 bits per heavy atom. The lowest BCUT2D eigenvalue weighted by Crippen LogP contribution is -2.13. The molecule has 0 aliphatic heterocycles. The van der Waals surface area contributed by atoms with Crippen molar-refractivity contribution in [3.05, 3.63) is 71.8 Å². The molecule has 0 aliphatic carbocycles. The first-order valence-corrected chi connectivity index (χ1v) is 7.40. The highest BCUT2D eigenvalue weighted by Crippen LogP contribution is 2.34. The predicted octanol–water partition coefficient (Wildman–Crippen LogP) is 3.75. The van der Waals surface area contributed by atoms with E-state index in [1.165, 1.54) is 0 Å². The fourth-order valence-electron chi connectivity index (χ4n) is 2.25. The van der Waals surface area contributed by atoms with Crippen molar-refractivity contribution in [3.63, 3.8) is 0 Å². The molecule has 0 radical (unpaired) electrons. The monoisotopic (exact) mass is 309 g/mol. The molecule has 0 unspecified atom stereocenters. The van der Waals surface area contributed by atoms with Crippen molar-refractivity contribution in [1.29, 1.82) is 0 Å². The maximum atomic E-state index is 12.8. The van der Waals surface area contributed by atoms with E-state index in [0.717, 1.165) is 11.6 Å². The van der Waals surface area contributed by atoms with Gasteiger partial charge >= 0.3 is 5.97 Å². The SMILES string of the molecule is C=CC(=O)Oc1c(C)ccc(C(=O)c2ccccc2)c1NCC. The van der Waals surface area contributed by atoms with Gasteiger partial charge in [0.25, 0.3) is 0 Å². The molecular weight excluding hydrogens is 290 g/mol. The Balaban J connectivity index is 2.55. The van der Waals surface area contributed by atoms with Crippen molar-refractivity contribution in [2.24, 2.45) is 0 Å². The van der Waals surface area contributed by atoms with Gasteiger partial charge in [-0.3, -0.25) is 4.79 Å². The number of carbonyl (C=O) groups is 2. The number of hydrogen-bond acceptors (Lipinski definition) is 4. The van der Waals surface area contributed by atoms with E-state index in [-0.39, 0.29) is 5.78 Å². The van der Waals surface area contributed by atoms with E-state index >= 15 is 0 Å². The van der Waals surface area contributed by atoms with Gasteiger partial charge in [-0.1, -0.05) is 43.0 Å². The van der Waals surface area contributed by atoms with Crippen molar-refractivity contribution in [1.82, 2.24) is 0 Å². The zero-order chi connectivity index (χ0) is 16.8. The van der Waals surface area contributed by atoms with Gasteiger partial charge in [0.2, 0.25) is 0 Å². The summed E-state index contributed by atoms with van der Waals surface area (Å²) in [6, 6.07) is 12.5. The number of esters is 1. The van der Waals surface area contributed by atoms with Gasteiger partial charge in [-0.2, -0.15) is 0 Å². The van der Waals surface area contributed by atoms with E-state index < -0.39 is 5.97 Å². The van der Waals surface area contributed by atoms with Crippen LogP contribution in [0.1, 0.15) is 28.4 Å². The van der Waals surface area contributed by atoms with Crippen molar-refractivity contribution in [2.75, 3.05) is 11.9 Å². The molecule has 118 valence electrons. The second-order valence-corrected chi connectivity index (χ2v) is 4.98.